The van der Waals surface area contributed by atoms with Gasteiger partial charge < -0.3 is 15.5 Å². The number of hydrazine groups is 1. The molecule has 3 N–H and O–H groups in total. The molecule has 0 spiro atoms. The van der Waals surface area contributed by atoms with Crippen molar-refractivity contribution in [1.82, 2.24) is 30.9 Å². The number of nitrogens with zero attached hydrogens (tertiary/aromatic N) is 3. The van der Waals surface area contributed by atoms with Crippen molar-refractivity contribution < 1.29 is 19.2 Å². The fourth-order valence-electron chi connectivity index (χ4n) is 5.74. The van der Waals surface area contributed by atoms with E-state index >= 15 is 0 Å². The molecule has 3 atom stereocenters. The Bertz CT molecular complexity index is 768. The zero-order valence-electron chi connectivity index (χ0n) is 19.8. The molecule has 5 amide bonds. The second kappa shape index (κ2) is 10.3. The SMILES string of the molecule is CC(C)NC(=O)CN1NC2N(CCC(=O)NC3CCCCC3)C(=O)C3CCCCC3N2C1=O. The summed E-state index contributed by atoms with van der Waals surface area (Å²) in [6.45, 7) is 3.86. The van der Waals surface area contributed by atoms with Crippen LogP contribution < -0.4 is 16.1 Å². The number of carbonyl (C=O) groups is 4. The summed E-state index contributed by atoms with van der Waals surface area (Å²) < 4.78 is 0. The molecule has 2 saturated carbocycles. The van der Waals surface area contributed by atoms with Crippen LogP contribution >= 0.6 is 0 Å². The zero-order chi connectivity index (χ0) is 23.5. The maximum atomic E-state index is 13.4. The lowest BCUT2D eigenvalue weighted by Gasteiger charge is -2.48. The molecule has 2 aliphatic heterocycles. The van der Waals surface area contributed by atoms with Crippen molar-refractivity contribution in [3.8, 4) is 0 Å². The van der Waals surface area contributed by atoms with E-state index in [1.165, 1.54) is 11.4 Å². The van der Waals surface area contributed by atoms with Crippen molar-refractivity contribution in [2.24, 2.45) is 5.92 Å². The predicted octanol–water partition coefficient (Wildman–Crippen LogP) is 1.28. The molecule has 2 heterocycles. The summed E-state index contributed by atoms with van der Waals surface area (Å²) in [5.41, 5.74) is 3.09. The zero-order valence-corrected chi connectivity index (χ0v) is 19.8. The Labute approximate surface area is 195 Å². The molecule has 0 radical (unpaired) electrons. The highest BCUT2D eigenvalue weighted by Crippen LogP contribution is 2.38. The first-order chi connectivity index (χ1) is 15.8. The van der Waals surface area contributed by atoms with Crippen LogP contribution in [0.2, 0.25) is 0 Å². The normalized spacial score (nSPS) is 28.1. The third-order valence-corrected chi connectivity index (χ3v) is 7.27. The minimum absolute atomic E-state index is 0.000184. The van der Waals surface area contributed by atoms with Crippen molar-refractivity contribution in [2.45, 2.75) is 102 Å². The van der Waals surface area contributed by atoms with Gasteiger partial charge in [0.05, 0.1) is 5.92 Å². The van der Waals surface area contributed by atoms with Crippen LogP contribution in [0.5, 0.6) is 0 Å². The van der Waals surface area contributed by atoms with Crippen molar-refractivity contribution in [1.29, 1.82) is 0 Å². The van der Waals surface area contributed by atoms with E-state index in [0.717, 1.165) is 51.4 Å². The van der Waals surface area contributed by atoms with Crippen LogP contribution in [-0.4, -0.2) is 76.1 Å². The third kappa shape index (κ3) is 5.26. The van der Waals surface area contributed by atoms with Gasteiger partial charge in [0, 0.05) is 31.1 Å². The van der Waals surface area contributed by atoms with Gasteiger partial charge in [-0.05, 0) is 39.5 Å². The molecule has 2 saturated heterocycles. The molecule has 33 heavy (non-hydrogen) atoms. The smallest absolute Gasteiger partial charge is 0.337 e. The maximum Gasteiger partial charge on any atom is 0.337 e. The number of nitrogens with one attached hydrogen (secondary N) is 3. The van der Waals surface area contributed by atoms with Crippen LogP contribution in [0.3, 0.4) is 0 Å². The minimum Gasteiger partial charge on any atom is -0.353 e. The fourth-order valence-corrected chi connectivity index (χ4v) is 5.74. The summed E-state index contributed by atoms with van der Waals surface area (Å²) in [6.07, 6.45) is 8.54. The standard InChI is InChI=1S/C23H38N6O4/c1-15(2)24-20(31)14-28-23(33)29-18-11-7-6-10-17(18)21(32)27(22(29)26-28)13-12-19(30)25-16-8-4-3-5-9-16/h15-18,22,26H,3-14H2,1-2H3,(H,24,31)(H,25,30). The number of urea groups is 1. The highest BCUT2D eigenvalue weighted by molar-refractivity contribution is 5.88. The summed E-state index contributed by atoms with van der Waals surface area (Å²) in [6, 6.07) is -0.244. The minimum atomic E-state index is -0.654. The average Bonchev–Trinajstić information content (AvgIpc) is 3.09. The van der Waals surface area contributed by atoms with E-state index in [2.05, 4.69) is 16.1 Å². The topological polar surface area (TPSA) is 114 Å². The molecular formula is C23H38N6O4. The molecule has 2 aliphatic carbocycles. The molecule has 3 unspecified atom stereocenters. The Morgan fingerprint density at radius 3 is 2.42 bits per heavy atom. The monoisotopic (exact) mass is 462 g/mol. The third-order valence-electron chi connectivity index (χ3n) is 7.27. The van der Waals surface area contributed by atoms with Crippen LogP contribution in [-0.2, 0) is 14.4 Å². The second-order valence-electron chi connectivity index (χ2n) is 10.1. The van der Waals surface area contributed by atoms with Gasteiger partial charge in [0.2, 0.25) is 17.7 Å². The van der Waals surface area contributed by atoms with Crippen LogP contribution in [0, 0.1) is 5.92 Å². The number of hydrogen-bond acceptors (Lipinski definition) is 5. The van der Waals surface area contributed by atoms with E-state index in [4.69, 9.17) is 0 Å². The van der Waals surface area contributed by atoms with E-state index in [1.54, 1.807) is 9.80 Å². The lowest BCUT2D eigenvalue weighted by Crippen LogP contribution is -2.66. The first-order valence-electron chi connectivity index (χ1n) is 12.6. The second-order valence-corrected chi connectivity index (χ2v) is 10.1. The van der Waals surface area contributed by atoms with Gasteiger partial charge in [-0.3, -0.25) is 19.3 Å². The summed E-state index contributed by atoms with van der Waals surface area (Å²) in [5.74, 6) is -0.549. The van der Waals surface area contributed by atoms with Crippen molar-refractivity contribution in [2.75, 3.05) is 13.1 Å². The molecular weight excluding hydrogens is 424 g/mol. The molecule has 184 valence electrons. The number of fused-ring (bicyclic) bond motifs is 3. The van der Waals surface area contributed by atoms with Gasteiger partial charge in [0.1, 0.15) is 6.54 Å². The summed E-state index contributed by atoms with van der Waals surface area (Å²) in [7, 11) is 0. The predicted molar refractivity (Wildman–Crippen MR) is 121 cm³/mol. The van der Waals surface area contributed by atoms with E-state index in [1.807, 2.05) is 13.8 Å². The number of rotatable bonds is 7. The van der Waals surface area contributed by atoms with Gasteiger partial charge in [-0.25, -0.2) is 9.80 Å². The van der Waals surface area contributed by atoms with Crippen LogP contribution in [0.25, 0.3) is 0 Å². The molecule has 0 aromatic heterocycles. The molecule has 10 nitrogen and oxygen atoms in total. The Morgan fingerprint density at radius 1 is 1.00 bits per heavy atom. The number of hydrogen-bond donors (Lipinski definition) is 3. The van der Waals surface area contributed by atoms with Crippen LogP contribution in [0.4, 0.5) is 4.79 Å². The van der Waals surface area contributed by atoms with Gasteiger partial charge in [-0.15, -0.1) is 0 Å². The van der Waals surface area contributed by atoms with Gasteiger partial charge in [-0.1, -0.05) is 32.1 Å². The largest absolute Gasteiger partial charge is 0.353 e. The van der Waals surface area contributed by atoms with Crippen LogP contribution in [0.15, 0.2) is 0 Å². The summed E-state index contributed by atoms with van der Waals surface area (Å²) >= 11 is 0. The molecule has 4 aliphatic rings. The highest BCUT2D eigenvalue weighted by atomic mass is 16.2. The molecule has 0 aromatic rings. The lowest BCUT2D eigenvalue weighted by atomic mass is 9.81. The summed E-state index contributed by atoms with van der Waals surface area (Å²) in [5, 5.41) is 7.22. The Morgan fingerprint density at radius 2 is 1.70 bits per heavy atom. The molecule has 0 aromatic carbocycles. The van der Waals surface area contributed by atoms with E-state index < -0.39 is 6.29 Å². The first kappa shape index (κ1) is 23.8. The number of amides is 5. The van der Waals surface area contributed by atoms with E-state index in [-0.39, 0.29) is 67.3 Å². The molecule has 0 bridgehead atoms. The van der Waals surface area contributed by atoms with Gasteiger partial charge in [0.25, 0.3) is 0 Å². The highest BCUT2D eigenvalue weighted by Gasteiger charge is 2.54. The van der Waals surface area contributed by atoms with Crippen molar-refractivity contribution in [3.05, 3.63) is 0 Å². The van der Waals surface area contributed by atoms with Gasteiger partial charge in [0.15, 0.2) is 6.29 Å². The molecule has 4 rings (SSSR count). The maximum absolute atomic E-state index is 13.4. The lowest BCUT2D eigenvalue weighted by molar-refractivity contribution is -0.156. The molecule has 4 fully saturated rings. The van der Waals surface area contributed by atoms with Crippen LogP contribution in [0.1, 0.15) is 78.1 Å². The first-order valence-corrected chi connectivity index (χ1v) is 12.6. The Balaban J connectivity index is 1.44. The van der Waals surface area contributed by atoms with Crippen molar-refractivity contribution >= 4 is 23.8 Å². The molecule has 10 heteroatoms. The van der Waals surface area contributed by atoms with Crippen molar-refractivity contribution in [3.63, 3.8) is 0 Å². The van der Waals surface area contributed by atoms with E-state index in [0.29, 0.717) is 0 Å². The van der Waals surface area contributed by atoms with Gasteiger partial charge in [-0.2, -0.15) is 5.43 Å². The average molecular weight is 463 g/mol. The summed E-state index contributed by atoms with van der Waals surface area (Å²) in [4.78, 5) is 54.9. The Kier molecular flexibility index (Phi) is 7.41. The van der Waals surface area contributed by atoms with Gasteiger partial charge >= 0.3 is 6.03 Å². The fraction of sp³-hybridized carbons (Fsp3) is 0.826. The Hall–Kier alpha value is -2.36. The van der Waals surface area contributed by atoms with E-state index in [9.17, 15) is 19.2 Å². The number of carbonyl (C=O) groups excluding carboxylic acids is 4. The quantitative estimate of drug-likeness (QED) is 0.527.